The number of carbonyl (C=O) groups is 2. The van der Waals surface area contributed by atoms with Gasteiger partial charge in [-0.05, 0) is 19.8 Å². The van der Waals surface area contributed by atoms with Crippen LogP contribution in [0.1, 0.15) is 39.0 Å². The number of nitrogens with zero attached hydrogens (tertiary/aromatic N) is 1. The maximum absolute atomic E-state index is 11.8. The van der Waals surface area contributed by atoms with E-state index in [1.54, 1.807) is 4.90 Å². The number of carbonyl (C=O) groups excluding carboxylic acids is 2. The zero-order valence-electron chi connectivity index (χ0n) is 10.6. The number of amides is 2. The fourth-order valence-electron chi connectivity index (χ4n) is 1.94. The number of likely N-dealkylation sites (tertiary alicyclic amines) is 1. The van der Waals surface area contributed by atoms with Gasteiger partial charge in [-0.25, -0.2) is 0 Å². The van der Waals surface area contributed by atoms with Crippen LogP contribution in [0.15, 0.2) is 0 Å². The highest BCUT2D eigenvalue weighted by Gasteiger charge is 2.18. The molecule has 1 rings (SSSR count). The van der Waals surface area contributed by atoms with Crippen LogP contribution in [0.4, 0.5) is 0 Å². The molecule has 0 saturated carbocycles. The Morgan fingerprint density at radius 1 is 1.41 bits per heavy atom. The molecule has 0 aromatic carbocycles. The van der Waals surface area contributed by atoms with E-state index in [0.29, 0.717) is 19.5 Å². The van der Waals surface area contributed by atoms with Gasteiger partial charge < -0.3 is 16.0 Å². The number of rotatable bonds is 4. The summed E-state index contributed by atoms with van der Waals surface area (Å²) < 4.78 is 0. The summed E-state index contributed by atoms with van der Waals surface area (Å²) in [5.74, 6) is -0.0166. The van der Waals surface area contributed by atoms with Crippen LogP contribution in [-0.4, -0.2) is 42.4 Å². The zero-order chi connectivity index (χ0) is 12.7. The average Bonchev–Trinajstić information content (AvgIpc) is 2.28. The highest BCUT2D eigenvalue weighted by molar-refractivity contribution is 5.84. The van der Waals surface area contributed by atoms with Gasteiger partial charge in [-0.2, -0.15) is 0 Å². The first-order chi connectivity index (χ1) is 8.13. The molecule has 17 heavy (non-hydrogen) atoms. The normalized spacial score (nSPS) is 19.4. The van der Waals surface area contributed by atoms with Gasteiger partial charge in [0.25, 0.3) is 0 Å². The molecule has 0 spiro atoms. The van der Waals surface area contributed by atoms with Gasteiger partial charge in [-0.15, -0.1) is 0 Å². The van der Waals surface area contributed by atoms with Gasteiger partial charge in [0.05, 0.1) is 6.54 Å². The van der Waals surface area contributed by atoms with Crippen molar-refractivity contribution >= 4 is 11.8 Å². The van der Waals surface area contributed by atoms with Crippen molar-refractivity contribution in [1.82, 2.24) is 10.2 Å². The molecular formula is C12H23N3O2. The van der Waals surface area contributed by atoms with Gasteiger partial charge in [0.2, 0.25) is 11.8 Å². The average molecular weight is 241 g/mol. The van der Waals surface area contributed by atoms with Crippen LogP contribution < -0.4 is 11.1 Å². The van der Waals surface area contributed by atoms with Crippen molar-refractivity contribution in [3.8, 4) is 0 Å². The first kappa shape index (κ1) is 14.0. The SMILES string of the molecule is C[C@@H](CN)NC(=O)CN1CCCCCCC1=O. The van der Waals surface area contributed by atoms with E-state index < -0.39 is 0 Å². The monoisotopic (exact) mass is 241 g/mol. The van der Waals surface area contributed by atoms with Crippen molar-refractivity contribution in [2.24, 2.45) is 5.73 Å². The molecule has 5 nitrogen and oxygen atoms in total. The highest BCUT2D eigenvalue weighted by Crippen LogP contribution is 2.11. The molecule has 1 aliphatic heterocycles. The molecule has 2 amide bonds. The minimum Gasteiger partial charge on any atom is -0.351 e. The van der Waals surface area contributed by atoms with Crippen molar-refractivity contribution < 1.29 is 9.59 Å². The second-order valence-electron chi connectivity index (χ2n) is 4.68. The van der Waals surface area contributed by atoms with Crippen molar-refractivity contribution in [1.29, 1.82) is 0 Å². The summed E-state index contributed by atoms with van der Waals surface area (Å²) >= 11 is 0. The Morgan fingerprint density at radius 3 is 2.82 bits per heavy atom. The van der Waals surface area contributed by atoms with Crippen LogP contribution in [0, 0.1) is 0 Å². The summed E-state index contributed by atoms with van der Waals surface area (Å²) in [4.78, 5) is 25.1. The van der Waals surface area contributed by atoms with Crippen LogP contribution >= 0.6 is 0 Å². The molecule has 1 atom stereocenters. The minimum atomic E-state index is -0.114. The molecule has 1 fully saturated rings. The topological polar surface area (TPSA) is 75.4 Å². The fourth-order valence-corrected chi connectivity index (χ4v) is 1.94. The van der Waals surface area contributed by atoms with Crippen molar-refractivity contribution in [3.05, 3.63) is 0 Å². The zero-order valence-corrected chi connectivity index (χ0v) is 10.6. The fraction of sp³-hybridized carbons (Fsp3) is 0.833. The van der Waals surface area contributed by atoms with Crippen LogP contribution in [0.25, 0.3) is 0 Å². The smallest absolute Gasteiger partial charge is 0.239 e. The van der Waals surface area contributed by atoms with E-state index in [1.807, 2.05) is 6.92 Å². The molecule has 0 aromatic rings. The molecule has 0 unspecified atom stereocenters. The lowest BCUT2D eigenvalue weighted by Gasteiger charge is -2.25. The summed E-state index contributed by atoms with van der Waals surface area (Å²) in [6.45, 7) is 3.14. The summed E-state index contributed by atoms with van der Waals surface area (Å²) in [6.07, 6.45) is 4.77. The first-order valence-electron chi connectivity index (χ1n) is 6.40. The number of nitrogens with two attached hydrogens (primary N) is 1. The van der Waals surface area contributed by atoms with Gasteiger partial charge in [0, 0.05) is 25.6 Å². The Kier molecular flexibility index (Phi) is 5.97. The molecule has 0 aliphatic carbocycles. The third-order valence-corrected chi connectivity index (χ3v) is 3.02. The second kappa shape index (κ2) is 7.27. The standard InChI is InChI=1S/C12H23N3O2/c1-10(8-13)14-11(16)9-15-7-5-3-2-4-6-12(15)17/h10H,2-9,13H2,1H3,(H,14,16)/t10-/m0/s1. The number of hydrogen-bond acceptors (Lipinski definition) is 3. The number of nitrogens with one attached hydrogen (secondary N) is 1. The maximum atomic E-state index is 11.8. The Hall–Kier alpha value is -1.10. The summed E-state index contributed by atoms with van der Waals surface area (Å²) in [5, 5.41) is 2.78. The van der Waals surface area contributed by atoms with E-state index in [4.69, 9.17) is 5.73 Å². The molecule has 5 heteroatoms. The van der Waals surface area contributed by atoms with Crippen molar-refractivity contribution in [2.75, 3.05) is 19.6 Å². The lowest BCUT2D eigenvalue weighted by Crippen LogP contribution is -2.45. The van der Waals surface area contributed by atoms with Crippen LogP contribution in [-0.2, 0) is 9.59 Å². The summed E-state index contributed by atoms with van der Waals surface area (Å²) in [7, 11) is 0. The van der Waals surface area contributed by atoms with Gasteiger partial charge in [-0.1, -0.05) is 12.8 Å². The molecule has 1 heterocycles. The number of hydrogen-bond donors (Lipinski definition) is 2. The lowest BCUT2D eigenvalue weighted by atomic mass is 10.1. The van der Waals surface area contributed by atoms with Gasteiger partial charge in [0.1, 0.15) is 0 Å². The largest absolute Gasteiger partial charge is 0.351 e. The molecule has 98 valence electrons. The lowest BCUT2D eigenvalue weighted by molar-refractivity contribution is -0.136. The van der Waals surface area contributed by atoms with Crippen LogP contribution in [0.5, 0.6) is 0 Å². The molecular weight excluding hydrogens is 218 g/mol. The van der Waals surface area contributed by atoms with E-state index in [1.165, 1.54) is 0 Å². The Labute approximate surface area is 103 Å². The van der Waals surface area contributed by atoms with Gasteiger partial charge in [-0.3, -0.25) is 9.59 Å². The van der Waals surface area contributed by atoms with Gasteiger partial charge >= 0.3 is 0 Å². The Morgan fingerprint density at radius 2 is 2.12 bits per heavy atom. The quantitative estimate of drug-likeness (QED) is 0.740. The van der Waals surface area contributed by atoms with E-state index >= 15 is 0 Å². The first-order valence-corrected chi connectivity index (χ1v) is 6.40. The van der Waals surface area contributed by atoms with E-state index in [0.717, 1.165) is 25.7 Å². The maximum Gasteiger partial charge on any atom is 0.239 e. The third-order valence-electron chi connectivity index (χ3n) is 3.02. The third kappa shape index (κ3) is 5.17. The molecule has 0 radical (unpaired) electrons. The minimum absolute atomic E-state index is 0.0349. The van der Waals surface area contributed by atoms with Crippen molar-refractivity contribution in [2.45, 2.75) is 45.1 Å². The molecule has 1 saturated heterocycles. The van der Waals surface area contributed by atoms with E-state index in [-0.39, 0.29) is 24.4 Å². The molecule has 0 bridgehead atoms. The second-order valence-corrected chi connectivity index (χ2v) is 4.68. The van der Waals surface area contributed by atoms with Gasteiger partial charge in [0.15, 0.2) is 0 Å². The van der Waals surface area contributed by atoms with E-state index in [2.05, 4.69) is 5.32 Å². The van der Waals surface area contributed by atoms with Crippen molar-refractivity contribution in [3.63, 3.8) is 0 Å². The Balaban J connectivity index is 2.41. The summed E-state index contributed by atoms with van der Waals surface area (Å²) in [5.41, 5.74) is 5.43. The Bertz CT molecular complexity index is 268. The molecule has 0 aromatic heterocycles. The molecule has 3 N–H and O–H groups in total. The predicted molar refractivity (Wildman–Crippen MR) is 66.3 cm³/mol. The van der Waals surface area contributed by atoms with Crippen LogP contribution in [0.3, 0.4) is 0 Å². The predicted octanol–water partition coefficient (Wildman–Crippen LogP) is 0.243. The van der Waals surface area contributed by atoms with Crippen LogP contribution in [0.2, 0.25) is 0 Å². The van der Waals surface area contributed by atoms with E-state index in [9.17, 15) is 9.59 Å². The molecule has 1 aliphatic rings. The summed E-state index contributed by atoms with van der Waals surface area (Å²) in [6, 6.07) is -0.0349. The highest BCUT2D eigenvalue weighted by atomic mass is 16.2.